The summed E-state index contributed by atoms with van der Waals surface area (Å²) in [6.45, 7) is 15.2. The standard InChI is InChI=1S/C19H24ClFN4OS.C7H13N.C2H6/c1-2-18(26)25-7-6-13-14(19(24-11-22)27-17(13)10-25)9-23-12-4-3-5-16(21)15(20)8-12;1-2-5-8-6-3-4-7-8;1-2/h5,8,11-12,23H,2-4,6-7,9-10H2,1H3,(H2,22,24);2H,1,3-7H2;1-2H3. The SMILES string of the molecule is C=CCN1CCCC1.CC.CCC(=O)N1CCc2c(sc(/N=C\N)c2CNC2C=C(Cl)C(F)=CCC2)C1. The van der Waals surface area contributed by atoms with E-state index in [1.54, 1.807) is 17.4 Å². The van der Waals surface area contributed by atoms with Crippen LogP contribution in [0, 0.1) is 0 Å². The van der Waals surface area contributed by atoms with Crippen LogP contribution in [-0.4, -0.2) is 54.3 Å². The Labute approximate surface area is 231 Å². The lowest BCUT2D eigenvalue weighted by molar-refractivity contribution is -0.131. The van der Waals surface area contributed by atoms with Crippen molar-refractivity contribution in [3.63, 3.8) is 0 Å². The first-order valence-electron chi connectivity index (χ1n) is 13.4. The zero-order valence-corrected chi connectivity index (χ0v) is 24.1. The molecule has 3 aliphatic rings. The van der Waals surface area contributed by atoms with Crippen molar-refractivity contribution in [3.8, 4) is 0 Å². The average Bonchev–Trinajstić information content (AvgIpc) is 3.51. The zero-order valence-electron chi connectivity index (χ0n) is 22.6. The maximum atomic E-state index is 13.6. The molecule has 9 heteroatoms. The Balaban J connectivity index is 0.000000406. The number of nitrogens with zero attached hydrogens (tertiary/aromatic N) is 3. The van der Waals surface area contributed by atoms with Crippen LogP contribution in [0.3, 0.4) is 0 Å². The average molecular weight is 552 g/mol. The highest BCUT2D eigenvalue weighted by molar-refractivity contribution is 7.16. The van der Waals surface area contributed by atoms with E-state index < -0.39 is 0 Å². The molecular weight excluding hydrogens is 509 g/mol. The summed E-state index contributed by atoms with van der Waals surface area (Å²) in [6, 6.07) is -0.00554. The first-order valence-corrected chi connectivity index (χ1v) is 14.6. The lowest BCUT2D eigenvalue weighted by atomic mass is 10.0. The molecule has 0 aromatic carbocycles. The molecule has 37 heavy (non-hydrogen) atoms. The molecule has 1 fully saturated rings. The van der Waals surface area contributed by atoms with E-state index in [4.69, 9.17) is 17.3 Å². The monoisotopic (exact) mass is 551 g/mol. The highest BCUT2D eigenvalue weighted by Gasteiger charge is 2.26. The number of hydrogen-bond acceptors (Lipinski definition) is 5. The van der Waals surface area contributed by atoms with Gasteiger partial charge >= 0.3 is 0 Å². The van der Waals surface area contributed by atoms with Gasteiger partial charge in [-0.1, -0.05) is 38.4 Å². The molecule has 2 aliphatic heterocycles. The van der Waals surface area contributed by atoms with Crippen LogP contribution in [0.15, 0.2) is 40.7 Å². The van der Waals surface area contributed by atoms with Gasteiger partial charge in [0, 0.05) is 42.5 Å². The third kappa shape index (κ3) is 9.36. The van der Waals surface area contributed by atoms with Crippen molar-refractivity contribution in [3.05, 3.63) is 51.7 Å². The van der Waals surface area contributed by atoms with Gasteiger partial charge in [0.1, 0.15) is 10.8 Å². The van der Waals surface area contributed by atoms with Gasteiger partial charge in [0.05, 0.1) is 17.9 Å². The van der Waals surface area contributed by atoms with Gasteiger partial charge in [-0.2, -0.15) is 0 Å². The Hall–Kier alpha value is -2.00. The maximum absolute atomic E-state index is 13.6. The molecule has 0 saturated carbocycles. The second-order valence-electron chi connectivity index (χ2n) is 8.91. The van der Waals surface area contributed by atoms with E-state index in [2.05, 4.69) is 21.8 Å². The minimum absolute atomic E-state index is 0.00554. The molecule has 0 radical (unpaired) electrons. The number of carbonyl (C=O) groups excluding carboxylic acids is 1. The van der Waals surface area contributed by atoms with Gasteiger partial charge < -0.3 is 16.0 Å². The van der Waals surface area contributed by atoms with Crippen molar-refractivity contribution in [2.75, 3.05) is 26.2 Å². The summed E-state index contributed by atoms with van der Waals surface area (Å²) in [7, 11) is 0. The predicted octanol–water partition coefficient (Wildman–Crippen LogP) is 6.18. The first kappa shape index (κ1) is 31.2. The Morgan fingerprint density at radius 3 is 2.73 bits per heavy atom. The van der Waals surface area contributed by atoms with E-state index in [9.17, 15) is 9.18 Å². The summed E-state index contributed by atoms with van der Waals surface area (Å²) < 4.78 is 13.6. The number of aliphatic imine (C=N–C) groups is 1. The fraction of sp³-hybridized carbons (Fsp3) is 0.571. The largest absolute Gasteiger partial charge is 0.390 e. The summed E-state index contributed by atoms with van der Waals surface area (Å²) in [5.41, 5.74) is 7.90. The van der Waals surface area contributed by atoms with E-state index in [1.165, 1.54) is 48.8 Å². The van der Waals surface area contributed by atoms with Crippen molar-refractivity contribution < 1.29 is 9.18 Å². The van der Waals surface area contributed by atoms with Crippen molar-refractivity contribution in [1.29, 1.82) is 0 Å². The second kappa shape index (κ2) is 16.8. The number of nitrogens with one attached hydrogen (secondary N) is 1. The molecule has 1 aromatic rings. The molecule has 4 rings (SSSR count). The lowest BCUT2D eigenvalue weighted by Crippen LogP contribution is -2.35. The molecule has 0 spiro atoms. The van der Waals surface area contributed by atoms with Gasteiger partial charge in [0.15, 0.2) is 0 Å². The molecule has 3 N–H and O–H groups in total. The minimum atomic E-state index is -0.358. The number of halogens is 2. The van der Waals surface area contributed by atoms with Crippen molar-refractivity contribution in [1.82, 2.24) is 15.1 Å². The van der Waals surface area contributed by atoms with Crippen molar-refractivity contribution in [2.24, 2.45) is 10.7 Å². The quantitative estimate of drug-likeness (QED) is 0.241. The number of amides is 1. The molecule has 206 valence electrons. The number of carbonyl (C=O) groups is 1. The maximum Gasteiger partial charge on any atom is 0.222 e. The number of fused-ring (bicyclic) bond motifs is 1. The van der Waals surface area contributed by atoms with Crippen LogP contribution >= 0.6 is 22.9 Å². The van der Waals surface area contributed by atoms with Crippen LogP contribution in [0.5, 0.6) is 0 Å². The van der Waals surface area contributed by atoms with E-state index in [-0.39, 0.29) is 22.8 Å². The highest BCUT2D eigenvalue weighted by atomic mass is 35.5. The summed E-state index contributed by atoms with van der Waals surface area (Å²) in [5.74, 6) is -0.187. The van der Waals surface area contributed by atoms with Crippen LogP contribution in [-0.2, 0) is 24.3 Å². The van der Waals surface area contributed by atoms with Gasteiger partial charge in [-0.05, 0) is 62.9 Å². The summed E-state index contributed by atoms with van der Waals surface area (Å²) >= 11 is 7.57. The topological polar surface area (TPSA) is 74.0 Å². The van der Waals surface area contributed by atoms with Gasteiger partial charge in [-0.3, -0.25) is 9.69 Å². The summed E-state index contributed by atoms with van der Waals surface area (Å²) in [6.07, 6.45) is 12.0. The molecule has 1 amide bonds. The molecule has 1 aliphatic carbocycles. The van der Waals surface area contributed by atoms with Crippen LogP contribution in [0.25, 0.3) is 0 Å². The normalized spacial score (nSPS) is 19.6. The number of rotatable bonds is 7. The fourth-order valence-electron chi connectivity index (χ4n) is 4.61. The van der Waals surface area contributed by atoms with Crippen LogP contribution in [0.1, 0.15) is 68.9 Å². The van der Waals surface area contributed by atoms with E-state index in [0.717, 1.165) is 36.5 Å². The Bertz CT molecular complexity index is 968. The molecule has 1 saturated heterocycles. The van der Waals surface area contributed by atoms with Gasteiger partial charge in [0.2, 0.25) is 5.91 Å². The number of allylic oxidation sites excluding steroid dienone is 3. The second-order valence-corrected chi connectivity index (χ2v) is 10.4. The van der Waals surface area contributed by atoms with Gasteiger partial charge in [-0.15, -0.1) is 17.9 Å². The Morgan fingerprint density at radius 1 is 1.35 bits per heavy atom. The van der Waals surface area contributed by atoms with Crippen molar-refractivity contribution >= 4 is 40.2 Å². The van der Waals surface area contributed by atoms with Crippen LogP contribution < -0.4 is 11.1 Å². The fourth-order valence-corrected chi connectivity index (χ4v) is 6.08. The third-order valence-corrected chi connectivity index (χ3v) is 7.97. The predicted molar refractivity (Wildman–Crippen MR) is 156 cm³/mol. The van der Waals surface area contributed by atoms with Gasteiger partial charge in [0.25, 0.3) is 0 Å². The number of thiophene rings is 1. The van der Waals surface area contributed by atoms with Crippen molar-refractivity contribution in [2.45, 2.75) is 78.4 Å². The van der Waals surface area contributed by atoms with E-state index in [0.29, 0.717) is 25.9 Å². The summed E-state index contributed by atoms with van der Waals surface area (Å²) in [4.78, 5) is 21.8. The minimum Gasteiger partial charge on any atom is -0.390 e. The number of likely N-dealkylation sites (tertiary alicyclic amines) is 1. The molecule has 0 bridgehead atoms. The summed E-state index contributed by atoms with van der Waals surface area (Å²) in [5, 5.41) is 4.49. The third-order valence-electron chi connectivity index (χ3n) is 6.50. The lowest BCUT2D eigenvalue weighted by Gasteiger charge is -2.27. The first-order chi connectivity index (χ1) is 18.0. The number of nitrogens with two attached hydrogens (primary N) is 1. The molecule has 3 heterocycles. The highest BCUT2D eigenvalue weighted by Crippen LogP contribution is 2.39. The Morgan fingerprint density at radius 2 is 2.08 bits per heavy atom. The molecule has 6 nitrogen and oxygen atoms in total. The van der Waals surface area contributed by atoms with Crippen LogP contribution in [0.4, 0.5) is 9.39 Å². The smallest absolute Gasteiger partial charge is 0.222 e. The molecule has 1 unspecified atom stereocenters. The van der Waals surface area contributed by atoms with Crippen LogP contribution in [0.2, 0.25) is 0 Å². The number of hydrogen-bond donors (Lipinski definition) is 2. The Kier molecular flexibility index (Phi) is 14.1. The molecule has 1 atom stereocenters. The molecular formula is C28H43ClFN5OS. The van der Waals surface area contributed by atoms with E-state index in [1.807, 2.05) is 31.7 Å². The molecule has 1 aromatic heterocycles. The van der Waals surface area contributed by atoms with E-state index >= 15 is 0 Å². The zero-order chi connectivity index (χ0) is 27.2. The van der Waals surface area contributed by atoms with Gasteiger partial charge in [-0.25, -0.2) is 9.38 Å².